The van der Waals surface area contributed by atoms with Gasteiger partial charge in [-0.05, 0) is 220 Å². The van der Waals surface area contributed by atoms with E-state index in [0.717, 1.165) is 34.5 Å². The highest BCUT2D eigenvalue weighted by molar-refractivity contribution is 7.31. The minimum Gasteiger partial charge on any atom is -0.497 e. The van der Waals surface area contributed by atoms with E-state index in [1.807, 2.05) is 146 Å². The third-order valence-corrected chi connectivity index (χ3v) is 37.3. The first-order valence-corrected chi connectivity index (χ1v) is 50.7. The summed E-state index contributed by atoms with van der Waals surface area (Å²) in [6.07, 6.45) is 5.90. The fraction of sp³-hybridized carbons (Fsp3) is 0.659. The fourth-order valence-corrected chi connectivity index (χ4v) is 17.3. The molecule has 114 heavy (non-hydrogen) atoms. The van der Waals surface area contributed by atoms with Gasteiger partial charge < -0.3 is 84.9 Å². The highest BCUT2D eigenvalue weighted by Crippen LogP contribution is 2.42. The Bertz CT molecular complexity index is 3580. The lowest BCUT2D eigenvalue weighted by molar-refractivity contribution is -0.154. The van der Waals surface area contributed by atoms with Crippen LogP contribution in [0.1, 0.15) is 192 Å². The van der Waals surface area contributed by atoms with Crippen molar-refractivity contribution < 1.29 is 89.7 Å². The van der Waals surface area contributed by atoms with Crippen LogP contribution in [0.25, 0.3) is 0 Å². The number of carbonyl (C=O) groups excluding carboxylic acids is 1. The Hall–Kier alpha value is -4.69. The van der Waals surface area contributed by atoms with Crippen molar-refractivity contribution >= 4 is 39.7 Å². The predicted molar refractivity (Wildman–Crippen MR) is 466 cm³/mol. The molecule has 4 aromatic carbocycles. The van der Waals surface area contributed by atoms with Crippen LogP contribution in [0.4, 0.5) is 0 Å². The van der Waals surface area contributed by atoms with Gasteiger partial charge in [-0.15, -0.1) is 0 Å². The Balaban J connectivity index is 0.000000308. The van der Waals surface area contributed by atoms with Gasteiger partial charge in [0.15, 0.2) is 42.3 Å². The number of hydrogen-bond acceptors (Lipinski definition) is 19. The van der Waals surface area contributed by atoms with Gasteiger partial charge in [-0.2, -0.15) is 0 Å². The number of carbonyl (C=O) groups is 1. The molecule has 0 amide bonds. The summed E-state index contributed by atoms with van der Waals surface area (Å²) in [6.45, 7) is 60.0. The molecule has 0 radical (unpaired) electrons. The van der Waals surface area contributed by atoms with Crippen LogP contribution in [-0.4, -0.2) is 173 Å². The van der Waals surface area contributed by atoms with Crippen LogP contribution >= 0.6 is 8.81 Å². The molecule has 19 nitrogen and oxygen atoms in total. The molecule has 642 valence electrons. The van der Waals surface area contributed by atoms with Crippen molar-refractivity contribution in [1.82, 2.24) is 0 Å². The average molecular weight is 1660 g/mol. The molecule has 16 atom stereocenters. The highest BCUT2D eigenvalue weighted by atomic mass is 31.1. The zero-order valence-corrected chi connectivity index (χ0v) is 79.0. The molecule has 0 aromatic heterocycles. The zero-order chi connectivity index (χ0) is 85.4. The first kappa shape index (κ1) is 99.9. The van der Waals surface area contributed by atoms with Crippen LogP contribution in [0.5, 0.6) is 17.2 Å². The van der Waals surface area contributed by atoms with E-state index < -0.39 is 84.9 Å². The topological polar surface area (TPSA) is 205 Å². The summed E-state index contributed by atoms with van der Waals surface area (Å²) in [5.74, 6) is 6.21. The Morgan fingerprint density at radius 1 is 0.474 bits per heavy atom. The van der Waals surface area contributed by atoms with E-state index in [0.29, 0.717) is 66.7 Å². The first-order chi connectivity index (χ1) is 52.9. The number of aliphatic hydroxyl groups excluding tert-OH is 2. The van der Waals surface area contributed by atoms with Gasteiger partial charge in [0, 0.05) is 52.7 Å². The predicted octanol–water partition coefficient (Wildman–Crippen LogP) is 20.2. The van der Waals surface area contributed by atoms with Gasteiger partial charge in [0.05, 0.1) is 71.1 Å². The smallest absolute Gasteiger partial charge is 0.338 e. The molecule has 3 fully saturated rings. The standard InChI is InChI=1S/C35H52O7Si.C28H47O6PSi.C28H48O6Si/c1-25(26(2)42-43(9,10)34(3,4)5)16-21-30(39-33(36)28-14-12-11-13-15-28)32-31(40-35(6,7)41-32)22-23-38-24-27-17-19-29(37-8)20-18-27;1-20(21(2)34-36(9,10)27(3,4)5)11-16-24(29)26-25(32-28(6,7)33-26)17-18-31-35-19-22-12-14-23(30-8)15-13-22;1-20(21(2)34-35(9,10)27(3,4)5)11-16-24(29)26-25(32-28(6,7)33-26)17-18-31-19-22-12-14-23(30-8)15-13-22/h11-21,25-26,30-32H,22-24H2,1-10H3;12-15,20-21,24-26,29,35H,17-19H2,1-10H3;11-16,20-21,24-26,29H,17-19H2,1-10H3/b21-16-;;16-11-/t25-,26+,30?,31+,32-;20-,21?,24?,25+,26-;20-,21+,24?,25+,26-/m111/s1. The third-order valence-electron chi connectivity index (χ3n) is 22.6. The summed E-state index contributed by atoms with van der Waals surface area (Å²) in [4.78, 5) is 13.2. The van der Waals surface area contributed by atoms with Crippen LogP contribution in [0.2, 0.25) is 54.4 Å². The van der Waals surface area contributed by atoms with Gasteiger partial charge in [0.2, 0.25) is 0 Å². The number of esters is 1. The summed E-state index contributed by atoms with van der Waals surface area (Å²) in [6, 6.07) is 32.7. The molecule has 7 rings (SSSR count). The van der Waals surface area contributed by atoms with Gasteiger partial charge in [-0.25, -0.2) is 4.79 Å². The normalized spacial score (nSPS) is 22.3. The van der Waals surface area contributed by atoms with E-state index in [9.17, 15) is 15.0 Å². The van der Waals surface area contributed by atoms with Crippen LogP contribution in [0.15, 0.2) is 127 Å². The number of methoxy groups -OCH3 is 3. The maximum absolute atomic E-state index is 13.2. The quantitative estimate of drug-likeness (QED) is 0.0108. The van der Waals surface area contributed by atoms with E-state index in [4.69, 9.17) is 74.6 Å². The van der Waals surface area contributed by atoms with Gasteiger partial charge >= 0.3 is 5.97 Å². The number of ether oxygens (including phenoxy) is 12. The van der Waals surface area contributed by atoms with E-state index in [1.54, 1.807) is 33.5 Å². The van der Waals surface area contributed by atoms with Crippen molar-refractivity contribution in [2.45, 2.75) is 329 Å². The molecule has 23 heteroatoms. The lowest BCUT2D eigenvalue weighted by Crippen LogP contribution is -2.44. The molecule has 3 aliphatic rings. The molecule has 0 bridgehead atoms. The second-order valence-electron chi connectivity index (χ2n) is 36.6. The Morgan fingerprint density at radius 3 is 1.26 bits per heavy atom. The highest BCUT2D eigenvalue weighted by Gasteiger charge is 2.49. The molecule has 3 aliphatic heterocycles. The van der Waals surface area contributed by atoms with Crippen molar-refractivity contribution in [3.63, 3.8) is 0 Å². The van der Waals surface area contributed by atoms with Crippen molar-refractivity contribution in [2.24, 2.45) is 17.8 Å². The van der Waals surface area contributed by atoms with E-state index in [-0.39, 0.29) is 69.5 Å². The van der Waals surface area contributed by atoms with E-state index in [2.05, 4.69) is 166 Å². The summed E-state index contributed by atoms with van der Waals surface area (Å²) in [5.41, 5.74) is 3.83. The summed E-state index contributed by atoms with van der Waals surface area (Å²) in [5, 5.41) is 22.2. The monoisotopic (exact) mass is 1660 g/mol. The molecule has 2 N–H and O–H groups in total. The molecule has 3 heterocycles. The number of hydrogen-bond donors (Lipinski definition) is 2. The summed E-state index contributed by atoms with van der Waals surface area (Å²) >= 11 is 0. The maximum atomic E-state index is 13.2. The zero-order valence-electron chi connectivity index (χ0n) is 75.0. The minimum atomic E-state index is -1.95. The number of rotatable bonds is 37. The number of aliphatic hydroxyl groups is 2. The second kappa shape index (κ2) is 44.6. The molecule has 5 unspecified atom stereocenters. The van der Waals surface area contributed by atoms with Crippen LogP contribution in [0.3, 0.4) is 0 Å². The lowest BCUT2D eigenvalue weighted by Gasteiger charge is -2.39. The Morgan fingerprint density at radius 2 is 0.842 bits per heavy atom. The van der Waals surface area contributed by atoms with Crippen LogP contribution < -0.4 is 14.2 Å². The largest absolute Gasteiger partial charge is 0.497 e. The van der Waals surface area contributed by atoms with Crippen LogP contribution in [-0.2, 0) is 79.8 Å². The average Bonchev–Trinajstić information content (AvgIpc) is 1.70. The lowest BCUT2D eigenvalue weighted by atomic mass is 10.0. The summed E-state index contributed by atoms with van der Waals surface area (Å²) < 4.78 is 96.0. The molecular weight excluding hydrogens is 1510 g/mol. The summed E-state index contributed by atoms with van der Waals surface area (Å²) in [7, 11) is -0.365. The van der Waals surface area contributed by atoms with Crippen molar-refractivity contribution in [1.29, 1.82) is 0 Å². The van der Waals surface area contributed by atoms with E-state index in [1.165, 1.54) is 5.56 Å². The fourth-order valence-electron chi connectivity index (χ4n) is 12.1. The van der Waals surface area contributed by atoms with Crippen molar-refractivity contribution in [3.8, 4) is 29.1 Å². The van der Waals surface area contributed by atoms with Gasteiger partial charge in [-0.1, -0.05) is 161 Å². The molecular formula is C91H147O19PSi3. The first-order valence-electron chi connectivity index (χ1n) is 40.9. The van der Waals surface area contributed by atoms with Gasteiger partial charge in [0.1, 0.15) is 53.9 Å². The van der Waals surface area contributed by atoms with Crippen molar-refractivity contribution in [2.75, 3.05) is 41.2 Å². The van der Waals surface area contributed by atoms with Gasteiger partial charge in [-0.3, -0.25) is 0 Å². The van der Waals surface area contributed by atoms with E-state index >= 15 is 0 Å². The molecule has 0 spiro atoms. The Kier molecular flexibility index (Phi) is 39.0. The van der Waals surface area contributed by atoms with Crippen LogP contribution in [0, 0.1) is 29.6 Å². The number of benzene rings is 4. The molecule has 3 saturated heterocycles. The second-order valence-corrected chi connectivity index (χ2v) is 51.8. The molecule has 0 aliphatic carbocycles. The third kappa shape index (κ3) is 32.8. The Labute approximate surface area is 692 Å². The molecule has 4 aromatic rings. The van der Waals surface area contributed by atoms with Gasteiger partial charge in [0.25, 0.3) is 0 Å². The van der Waals surface area contributed by atoms with Crippen molar-refractivity contribution in [3.05, 3.63) is 150 Å². The SMILES string of the molecule is COc1ccc(COCC[C@@H]2OC(C)(C)O[C@@H]2C(/C=C\[C@@H](C)[C@H](C)O[Si](C)(C)C(C)(C)C)OC(=O)c2ccccc2)cc1.COc1ccc(COCC[C@@H]2OC(C)(C)O[C@@H]2C(O)/C=C\[C@@H](C)[C@H](C)O[Si](C)(C)C(C)(C)C)cc1.COc1ccc(CPOCC[C@@H]2OC(C)(C)O[C@@H]2C(O)C#C[C@@H](C)C(C)O[Si](C)(C)C(C)(C)C)cc1. The minimum absolute atomic E-state index is 0.00181. The maximum Gasteiger partial charge on any atom is 0.338 e. The molecule has 0 saturated carbocycles.